The first-order valence-electron chi connectivity index (χ1n) is 14.0. The number of thiazole rings is 1. The summed E-state index contributed by atoms with van der Waals surface area (Å²) >= 11 is 3.14. The molecule has 9 nitrogen and oxygen atoms in total. The third kappa shape index (κ3) is 5.14. The van der Waals surface area contributed by atoms with Crippen molar-refractivity contribution < 1.29 is 18.7 Å². The normalized spacial score (nSPS) is 15.0. The number of rotatable bonds is 9. The summed E-state index contributed by atoms with van der Waals surface area (Å²) in [6.45, 7) is 7.13. The minimum atomic E-state index is -0.390. The van der Waals surface area contributed by atoms with E-state index in [0.717, 1.165) is 61.1 Å². The first-order valence-corrected chi connectivity index (χ1v) is 15.7. The first-order chi connectivity index (χ1) is 21.0. The van der Waals surface area contributed by atoms with Crippen molar-refractivity contribution in [1.82, 2.24) is 30.0 Å². The number of fused-ring (bicyclic) bond motifs is 2. The second kappa shape index (κ2) is 11.6. The van der Waals surface area contributed by atoms with Gasteiger partial charge in [-0.15, -0.1) is 22.7 Å². The maximum atomic E-state index is 14.5. The van der Waals surface area contributed by atoms with Crippen LogP contribution in [0.1, 0.15) is 16.6 Å². The lowest BCUT2D eigenvalue weighted by Gasteiger charge is -2.27. The van der Waals surface area contributed by atoms with E-state index in [2.05, 4.69) is 29.3 Å². The van der Waals surface area contributed by atoms with Crippen LogP contribution in [0.5, 0.6) is 5.75 Å². The van der Waals surface area contributed by atoms with Gasteiger partial charge in [0.05, 0.1) is 36.8 Å². The van der Waals surface area contributed by atoms with E-state index in [4.69, 9.17) is 19.4 Å². The summed E-state index contributed by atoms with van der Waals surface area (Å²) in [5, 5.41) is 11.7. The van der Waals surface area contributed by atoms with Gasteiger partial charge in [-0.2, -0.15) is 5.10 Å². The van der Waals surface area contributed by atoms with E-state index in [0.29, 0.717) is 43.6 Å². The zero-order valence-corrected chi connectivity index (χ0v) is 25.1. The summed E-state index contributed by atoms with van der Waals surface area (Å²) in [7, 11) is 1.60. The van der Waals surface area contributed by atoms with E-state index >= 15 is 0 Å². The Bertz CT molecular complexity index is 1840. The fourth-order valence-electron chi connectivity index (χ4n) is 5.44. The van der Waals surface area contributed by atoms with Crippen LogP contribution >= 0.6 is 22.7 Å². The number of hydrogen-bond donors (Lipinski definition) is 1. The Balaban J connectivity index is 1.42. The standard InChI is InChI=1S/C31H29FN6O3S2/c1-3-26(39)37-8-6-23-25(17-37)43-31(35-23)29-27(21-5-4-19(32)12-24(21)41-10-9-40-2)30-22(7-11-42-30)28(36-29)18-13-34-38(16-18)20-14-33-15-20/h3-5,7,11-13,16,20,33H,1,6,8-10,14-15,17H2,2H3. The molecule has 1 saturated heterocycles. The largest absolute Gasteiger partial charge is 0.490 e. The smallest absolute Gasteiger partial charge is 0.246 e. The number of hydrogen-bond acceptors (Lipinski definition) is 9. The molecule has 0 saturated carbocycles. The van der Waals surface area contributed by atoms with Crippen molar-refractivity contribution in [3.05, 3.63) is 71.1 Å². The molecule has 2 aliphatic heterocycles. The van der Waals surface area contributed by atoms with Crippen LogP contribution in [-0.2, 0) is 22.5 Å². The molecule has 0 atom stereocenters. The Labute approximate surface area is 255 Å². The quantitative estimate of drug-likeness (QED) is 0.177. The number of pyridine rings is 1. The van der Waals surface area contributed by atoms with Crippen LogP contribution in [0.3, 0.4) is 0 Å². The molecule has 0 radical (unpaired) electrons. The molecule has 7 rings (SSSR count). The van der Waals surface area contributed by atoms with Crippen LogP contribution in [0.2, 0.25) is 0 Å². The monoisotopic (exact) mass is 616 g/mol. The first kappa shape index (κ1) is 27.8. The topological polar surface area (TPSA) is 94.4 Å². The fraction of sp³-hybridized carbons (Fsp3) is 0.290. The van der Waals surface area contributed by atoms with Gasteiger partial charge in [0.25, 0.3) is 0 Å². The van der Waals surface area contributed by atoms with E-state index in [1.807, 2.05) is 16.3 Å². The van der Waals surface area contributed by atoms with Gasteiger partial charge in [-0.25, -0.2) is 14.4 Å². The van der Waals surface area contributed by atoms with Crippen LogP contribution in [0.4, 0.5) is 4.39 Å². The van der Waals surface area contributed by atoms with Gasteiger partial charge in [0.15, 0.2) is 0 Å². The molecule has 0 spiro atoms. The third-order valence-electron chi connectivity index (χ3n) is 7.79. The summed E-state index contributed by atoms with van der Waals surface area (Å²) in [6.07, 6.45) is 5.92. The van der Waals surface area contributed by atoms with Crippen molar-refractivity contribution in [2.45, 2.75) is 19.0 Å². The second-order valence-corrected chi connectivity index (χ2v) is 12.5. The summed E-state index contributed by atoms with van der Waals surface area (Å²) in [6, 6.07) is 6.99. The zero-order valence-electron chi connectivity index (χ0n) is 23.5. The Morgan fingerprint density at radius 3 is 2.91 bits per heavy atom. The number of benzene rings is 1. The maximum absolute atomic E-state index is 14.5. The average molecular weight is 617 g/mol. The Kier molecular flexibility index (Phi) is 7.51. The van der Waals surface area contributed by atoms with Gasteiger partial charge in [-0.3, -0.25) is 9.48 Å². The molecular weight excluding hydrogens is 588 g/mol. The minimum Gasteiger partial charge on any atom is -0.490 e. The number of ether oxygens (including phenoxy) is 2. The van der Waals surface area contributed by atoms with Crippen LogP contribution in [-0.4, -0.2) is 70.5 Å². The van der Waals surface area contributed by atoms with Gasteiger partial charge < -0.3 is 19.7 Å². The molecule has 220 valence electrons. The molecule has 1 aromatic carbocycles. The predicted octanol–water partition coefficient (Wildman–Crippen LogP) is 5.33. The van der Waals surface area contributed by atoms with Gasteiger partial charge >= 0.3 is 0 Å². The van der Waals surface area contributed by atoms with Crippen molar-refractivity contribution in [1.29, 1.82) is 0 Å². The number of aromatic nitrogens is 4. The molecule has 43 heavy (non-hydrogen) atoms. The molecule has 1 N–H and O–H groups in total. The third-order valence-corrected chi connectivity index (χ3v) is 9.82. The lowest BCUT2D eigenvalue weighted by Crippen LogP contribution is -2.43. The number of amides is 1. The Morgan fingerprint density at radius 1 is 1.23 bits per heavy atom. The highest BCUT2D eigenvalue weighted by Crippen LogP contribution is 2.47. The second-order valence-electron chi connectivity index (χ2n) is 10.5. The average Bonchev–Trinajstić information content (AvgIpc) is 3.75. The molecule has 0 aliphatic carbocycles. The number of halogens is 1. The van der Waals surface area contributed by atoms with Crippen molar-refractivity contribution in [3.63, 3.8) is 0 Å². The summed E-state index contributed by atoms with van der Waals surface area (Å²) in [5.41, 5.74) is 4.95. The highest BCUT2D eigenvalue weighted by Gasteiger charge is 2.28. The summed E-state index contributed by atoms with van der Waals surface area (Å²) in [4.78, 5) is 25.5. The van der Waals surface area contributed by atoms with E-state index in [-0.39, 0.29) is 18.3 Å². The lowest BCUT2D eigenvalue weighted by atomic mass is 9.99. The SMILES string of the molecule is C=CC(=O)N1CCc2nc(-c3nc(-c4cnn(C5CNC5)c4)c4ccsc4c3-c3ccc(F)cc3OCCOC)sc2C1. The molecule has 5 aromatic rings. The van der Waals surface area contributed by atoms with E-state index < -0.39 is 0 Å². The van der Waals surface area contributed by atoms with Crippen molar-refractivity contribution in [3.8, 4) is 38.8 Å². The van der Waals surface area contributed by atoms with Gasteiger partial charge in [0, 0.05) is 77.1 Å². The van der Waals surface area contributed by atoms with Crippen molar-refractivity contribution in [2.75, 3.05) is 40.0 Å². The fourth-order valence-corrected chi connectivity index (χ4v) is 7.52. The molecule has 1 amide bonds. The lowest BCUT2D eigenvalue weighted by molar-refractivity contribution is -0.126. The van der Waals surface area contributed by atoms with Gasteiger partial charge in [-0.1, -0.05) is 6.58 Å². The van der Waals surface area contributed by atoms with Gasteiger partial charge in [-0.05, 0) is 29.7 Å². The minimum absolute atomic E-state index is 0.0930. The number of nitrogens with zero attached hydrogens (tertiary/aromatic N) is 5. The molecule has 6 heterocycles. The van der Waals surface area contributed by atoms with Crippen LogP contribution < -0.4 is 10.1 Å². The van der Waals surface area contributed by atoms with Crippen LogP contribution in [0.15, 0.2) is 54.7 Å². The van der Waals surface area contributed by atoms with Gasteiger partial charge in [0.1, 0.15) is 28.9 Å². The number of thiophene rings is 1. The number of nitrogens with one attached hydrogen (secondary N) is 1. The Morgan fingerprint density at radius 2 is 2.12 bits per heavy atom. The molecule has 12 heteroatoms. The van der Waals surface area contributed by atoms with Gasteiger partial charge in [0.2, 0.25) is 5.91 Å². The molecule has 2 aliphatic rings. The highest BCUT2D eigenvalue weighted by atomic mass is 32.1. The number of methoxy groups -OCH3 is 1. The van der Waals surface area contributed by atoms with Crippen molar-refractivity contribution in [2.24, 2.45) is 0 Å². The summed E-state index contributed by atoms with van der Waals surface area (Å²) < 4.78 is 28.8. The summed E-state index contributed by atoms with van der Waals surface area (Å²) in [5.74, 6) is -0.0687. The predicted molar refractivity (Wildman–Crippen MR) is 166 cm³/mol. The maximum Gasteiger partial charge on any atom is 0.246 e. The van der Waals surface area contributed by atoms with Crippen LogP contribution in [0.25, 0.3) is 43.2 Å². The van der Waals surface area contributed by atoms with Crippen LogP contribution in [0, 0.1) is 5.82 Å². The molecule has 0 unspecified atom stereocenters. The molecule has 1 fully saturated rings. The van der Waals surface area contributed by atoms with E-state index in [9.17, 15) is 9.18 Å². The highest BCUT2D eigenvalue weighted by molar-refractivity contribution is 7.18. The number of carbonyl (C=O) groups is 1. The molecule has 4 aromatic heterocycles. The Hall–Kier alpha value is -3.97. The van der Waals surface area contributed by atoms with E-state index in [1.165, 1.54) is 29.5 Å². The van der Waals surface area contributed by atoms with Crippen molar-refractivity contribution >= 4 is 38.7 Å². The molecular formula is C31H29FN6O3S2. The molecule has 0 bridgehead atoms. The number of carbonyl (C=O) groups excluding carboxylic acids is 1. The zero-order chi connectivity index (χ0) is 29.5. The van der Waals surface area contributed by atoms with E-state index in [1.54, 1.807) is 29.4 Å².